The predicted molar refractivity (Wildman–Crippen MR) is 87.8 cm³/mol. The fraction of sp³-hybridized carbons (Fsp3) is 0.143. The number of non-ortho nitro benzene ring substituents is 1. The standard InChI is InChI=1S/C14H13BrN2O4S/c15-11-4-6-14(7-5-11)22(20,21)9-8-16-12-2-1-3-13(10-12)17(18)19/h1-7,10,16H,8-9H2. The zero-order chi connectivity index (χ0) is 16.2. The number of sulfone groups is 1. The van der Waals surface area contributed by atoms with Crippen LogP contribution in [-0.4, -0.2) is 25.6 Å². The van der Waals surface area contributed by atoms with Gasteiger partial charge in [0.1, 0.15) is 0 Å². The van der Waals surface area contributed by atoms with E-state index < -0.39 is 14.8 Å². The van der Waals surface area contributed by atoms with E-state index in [0.717, 1.165) is 4.47 Å². The topological polar surface area (TPSA) is 89.3 Å². The fourth-order valence-corrected chi connectivity index (χ4v) is 3.24. The molecule has 0 aliphatic rings. The van der Waals surface area contributed by atoms with E-state index in [4.69, 9.17) is 0 Å². The van der Waals surface area contributed by atoms with Crippen molar-refractivity contribution < 1.29 is 13.3 Å². The Balaban J connectivity index is 1.99. The number of nitro groups is 1. The first kappa shape index (κ1) is 16.4. The molecule has 0 atom stereocenters. The van der Waals surface area contributed by atoms with Crippen molar-refractivity contribution in [3.05, 3.63) is 63.1 Å². The number of nitrogens with zero attached hydrogens (tertiary/aromatic N) is 1. The lowest BCUT2D eigenvalue weighted by molar-refractivity contribution is -0.384. The molecule has 0 bridgehead atoms. The SMILES string of the molecule is O=[N+]([O-])c1cccc(NCCS(=O)(=O)c2ccc(Br)cc2)c1. The van der Waals surface area contributed by atoms with Crippen LogP contribution in [0.25, 0.3) is 0 Å². The smallest absolute Gasteiger partial charge is 0.271 e. The van der Waals surface area contributed by atoms with Crippen molar-refractivity contribution in [3.8, 4) is 0 Å². The molecule has 0 aliphatic heterocycles. The van der Waals surface area contributed by atoms with Gasteiger partial charge in [0.15, 0.2) is 9.84 Å². The first-order chi connectivity index (χ1) is 10.4. The van der Waals surface area contributed by atoms with Crippen LogP contribution < -0.4 is 5.32 Å². The molecular weight excluding hydrogens is 372 g/mol. The quantitative estimate of drug-likeness (QED) is 0.609. The van der Waals surface area contributed by atoms with Crippen LogP contribution >= 0.6 is 15.9 Å². The van der Waals surface area contributed by atoms with E-state index in [1.54, 1.807) is 24.3 Å². The van der Waals surface area contributed by atoms with Gasteiger partial charge in [0.2, 0.25) is 0 Å². The maximum absolute atomic E-state index is 12.1. The third-order valence-electron chi connectivity index (χ3n) is 2.93. The van der Waals surface area contributed by atoms with Gasteiger partial charge in [-0.25, -0.2) is 8.42 Å². The Bertz CT molecular complexity index is 776. The highest BCUT2D eigenvalue weighted by molar-refractivity contribution is 9.10. The average Bonchev–Trinajstić information content (AvgIpc) is 2.48. The summed E-state index contributed by atoms with van der Waals surface area (Å²) in [6, 6.07) is 12.3. The maximum atomic E-state index is 12.1. The van der Waals surface area contributed by atoms with Crippen LogP contribution in [0.3, 0.4) is 0 Å². The van der Waals surface area contributed by atoms with Crippen molar-refractivity contribution in [2.45, 2.75) is 4.90 Å². The lowest BCUT2D eigenvalue weighted by atomic mass is 10.3. The molecule has 1 N–H and O–H groups in total. The van der Waals surface area contributed by atoms with Gasteiger partial charge in [0.05, 0.1) is 15.6 Å². The molecule has 8 heteroatoms. The summed E-state index contributed by atoms with van der Waals surface area (Å²) in [6.45, 7) is 0.166. The van der Waals surface area contributed by atoms with Gasteiger partial charge in [0, 0.05) is 28.8 Å². The molecule has 0 saturated heterocycles. The van der Waals surface area contributed by atoms with Crippen LogP contribution in [-0.2, 0) is 9.84 Å². The normalized spacial score (nSPS) is 11.1. The number of nitro benzene ring substituents is 1. The van der Waals surface area contributed by atoms with Gasteiger partial charge in [0.25, 0.3) is 5.69 Å². The zero-order valence-electron chi connectivity index (χ0n) is 11.4. The van der Waals surface area contributed by atoms with E-state index in [0.29, 0.717) is 5.69 Å². The number of hydrogen-bond acceptors (Lipinski definition) is 5. The Morgan fingerprint density at radius 3 is 2.45 bits per heavy atom. The van der Waals surface area contributed by atoms with Crippen molar-refractivity contribution in [2.24, 2.45) is 0 Å². The van der Waals surface area contributed by atoms with Gasteiger partial charge < -0.3 is 5.32 Å². The van der Waals surface area contributed by atoms with E-state index in [9.17, 15) is 18.5 Å². The highest BCUT2D eigenvalue weighted by Gasteiger charge is 2.14. The average molecular weight is 385 g/mol. The first-order valence-electron chi connectivity index (χ1n) is 6.35. The second kappa shape index (κ2) is 6.89. The third-order valence-corrected chi connectivity index (χ3v) is 5.19. The molecular formula is C14H13BrN2O4S. The molecule has 0 aliphatic carbocycles. The Morgan fingerprint density at radius 2 is 1.82 bits per heavy atom. The van der Waals surface area contributed by atoms with E-state index in [2.05, 4.69) is 21.2 Å². The lowest BCUT2D eigenvalue weighted by Gasteiger charge is -2.07. The number of anilines is 1. The van der Waals surface area contributed by atoms with Gasteiger partial charge >= 0.3 is 0 Å². The van der Waals surface area contributed by atoms with Crippen LogP contribution in [0.15, 0.2) is 57.9 Å². The monoisotopic (exact) mass is 384 g/mol. The van der Waals surface area contributed by atoms with E-state index in [1.807, 2.05) is 0 Å². The van der Waals surface area contributed by atoms with Gasteiger partial charge in [-0.15, -0.1) is 0 Å². The molecule has 0 saturated carbocycles. The molecule has 0 spiro atoms. The number of hydrogen-bond donors (Lipinski definition) is 1. The summed E-state index contributed by atoms with van der Waals surface area (Å²) in [5.41, 5.74) is 0.473. The summed E-state index contributed by atoms with van der Waals surface area (Å²) in [5, 5.41) is 13.6. The molecule has 0 aromatic heterocycles. The number of benzene rings is 2. The largest absolute Gasteiger partial charge is 0.384 e. The molecule has 0 unspecified atom stereocenters. The van der Waals surface area contributed by atoms with Gasteiger partial charge in [-0.2, -0.15) is 0 Å². The molecule has 2 aromatic carbocycles. The highest BCUT2D eigenvalue weighted by Crippen LogP contribution is 2.18. The van der Waals surface area contributed by atoms with Gasteiger partial charge in [-0.1, -0.05) is 22.0 Å². The Labute approximate surface area is 136 Å². The number of halogens is 1. The van der Waals surface area contributed by atoms with Crippen LogP contribution in [0.5, 0.6) is 0 Å². The number of nitrogens with one attached hydrogen (secondary N) is 1. The lowest BCUT2D eigenvalue weighted by Crippen LogP contribution is -2.16. The van der Waals surface area contributed by atoms with E-state index in [1.165, 1.54) is 24.3 Å². The molecule has 116 valence electrons. The zero-order valence-corrected chi connectivity index (χ0v) is 13.8. The van der Waals surface area contributed by atoms with E-state index in [-0.39, 0.29) is 22.9 Å². The predicted octanol–water partition coefficient (Wildman–Crippen LogP) is 3.24. The molecule has 0 radical (unpaired) electrons. The highest BCUT2D eigenvalue weighted by atomic mass is 79.9. The van der Waals surface area contributed by atoms with Crippen molar-refractivity contribution in [1.29, 1.82) is 0 Å². The third kappa shape index (κ3) is 4.28. The molecule has 22 heavy (non-hydrogen) atoms. The Morgan fingerprint density at radius 1 is 1.14 bits per heavy atom. The summed E-state index contributed by atoms with van der Waals surface area (Å²) >= 11 is 3.25. The molecule has 0 heterocycles. The Kier molecular flexibility index (Phi) is 5.15. The number of rotatable bonds is 6. The summed E-state index contributed by atoms with van der Waals surface area (Å²) in [5.74, 6) is -0.0999. The van der Waals surface area contributed by atoms with Gasteiger partial charge in [-0.05, 0) is 30.3 Å². The minimum Gasteiger partial charge on any atom is -0.384 e. The summed E-state index contributed by atoms with van der Waals surface area (Å²) < 4.78 is 25.1. The Hall–Kier alpha value is -1.93. The minimum absolute atomic E-state index is 0.0410. The first-order valence-corrected chi connectivity index (χ1v) is 8.80. The second-order valence-electron chi connectivity index (χ2n) is 4.51. The molecule has 2 aromatic rings. The van der Waals surface area contributed by atoms with E-state index >= 15 is 0 Å². The molecule has 6 nitrogen and oxygen atoms in total. The van der Waals surface area contributed by atoms with Crippen molar-refractivity contribution in [1.82, 2.24) is 0 Å². The summed E-state index contributed by atoms with van der Waals surface area (Å²) in [6.07, 6.45) is 0. The van der Waals surface area contributed by atoms with Crippen LogP contribution in [0.2, 0.25) is 0 Å². The minimum atomic E-state index is -3.39. The van der Waals surface area contributed by atoms with Crippen LogP contribution in [0.1, 0.15) is 0 Å². The maximum Gasteiger partial charge on any atom is 0.271 e. The summed E-state index contributed by atoms with van der Waals surface area (Å²) in [7, 11) is -3.39. The summed E-state index contributed by atoms with van der Waals surface area (Å²) in [4.78, 5) is 10.4. The van der Waals surface area contributed by atoms with Crippen LogP contribution in [0, 0.1) is 10.1 Å². The van der Waals surface area contributed by atoms with Crippen LogP contribution in [0.4, 0.5) is 11.4 Å². The van der Waals surface area contributed by atoms with Crippen molar-refractivity contribution >= 4 is 37.1 Å². The molecule has 0 amide bonds. The molecule has 2 rings (SSSR count). The second-order valence-corrected chi connectivity index (χ2v) is 7.53. The molecule has 0 fully saturated rings. The van der Waals surface area contributed by atoms with Gasteiger partial charge in [-0.3, -0.25) is 10.1 Å². The fourth-order valence-electron chi connectivity index (χ4n) is 1.82. The van der Waals surface area contributed by atoms with Crippen molar-refractivity contribution in [3.63, 3.8) is 0 Å². The van der Waals surface area contributed by atoms with Crippen molar-refractivity contribution in [2.75, 3.05) is 17.6 Å².